The molecule has 10 aromatic carbocycles. The maximum atomic E-state index is 2.46. The van der Waals surface area contributed by atoms with E-state index < -0.39 is 0 Å². The summed E-state index contributed by atoms with van der Waals surface area (Å²) >= 11 is 0. The molecule has 0 N–H and O–H groups in total. The summed E-state index contributed by atoms with van der Waals surface area (Å²) in [6, 6.07) is 79.9. The van der Waals surface area contributed by atoms with Crippen LogP contribution in [0.25, 0.3) is 110 Å². The highest BCUT2D eigenvalue weighted by molar-refractivity contribution is 6.16. The van der Waals surface area contributed by atoms with Crippen LogP contribution in [-0.2, 0) is 0 Å². The zero-order chi connectivity index (χ0) is 38.2. The average Bonchev–Trinajstić information content (AvgIpc) is 3.81. The fourth-order valence-corrected chi connectivity index (χ4v) is 9.37. The zero-order valence-electron chi connectivity index (χ0n) is 31.7. The van der Waals surface area contributed by atoms with Gasteiger partial charge in [-0.05, 0) is 110 Å². The number of para-hydroxylation sites is 2. The highest BCUT2D eigenvalue weighted by Crippen LogP contribution is 2.41. The second-order valence-electron chi connectivity index (χ2n) is 15.3. The number of hydrogen-bond donors (Lipinski definition) is 0. The molecule has 2 aromatic heterocycles. The Kier molecular flexibility index (Phi) is 7.26. The largest absolute Gasteiger partial charge is 0.309 e. The molecule has 0 fully saturated rings. The summed E-state index contributed by atoms with van der Waals surface area (Å²) in [6.45, 7) is 0. The summed E-state index contributed by atoms with van der Waals surface area (Å²) in [7, 11) is 0. The van der Waals surface area contributed by atoms with Crippen molar-refractivity contribution in [3.63, 3.8) is 0 Å². The Morgan fingerprint density at radius 2 is 0.672 bits per heavy atom. The van der Waals surface area contributed by atoms with Crippen LogP contribution in [0, 0.1) is 0 Å². The van der Waals surface area contributed by atoms with Gasteiger partial charge in [0.2, 0.25) is 0 Å². The number of fused-ring (bicyclic) bond motifs is 9. The highest BCUT2D eigenvalue weighted by atomic mass is 15.0. The summed E-state index contributed by atoms with van der Waals surface area (Å²) in [5.74, 6) is 0. The molecule has 0 atom stereocenters. The summed E-state index contributed by atoms with van der Waals surface area (Å²) in [4.78, 5) is 0. The van der Waals surface area contributed by atoms with E-state index in [2.05, 4.69) is 228 Å². The molecule has 0 saturated carbocycles. The van der Waals surface area contributed by atoms with Gasteiger partial charge in [-0.3, -0.25) is 0 Å². The normalized spacial score (nSPS) is 11.8. The van der Waals surface area contributed by atoms with Crippen molar-refractivity contribution in [3.8, 4) is 44.8 Å². The molecule has 0 amide bonds. The first-order chi connectivity index (χ1) is 28.8. The van der Waals surface area contributed by atoms with Crippen molar-refractivity contribution in [3.05, 3.63) is 218 Å². The van der Waals surface area contributed by atoms with E-state index in [1.807, 2.05) is 0 Å². The van der Waals surface area contributed by atoms with Crippen molar-refractivity contribution in [1.82, 2.24) is 9.13 Å². The first kappa shape index (κ1) is 32.6. The van der Waals surface area contributed by atoms with Crippen molar-refractivity contribution in [2.75, 3.05) is 0 Å². The minimum Gasteiger partial charge on any atom is -0.309 e. The monoisotopic (exact) mass is 736 g/mol. The number of aromatic nitrogens is 2. The van der Waals surface area contributed by atoms with Crippen LogP contribution in [0.5, 0.6) is 0 Å². The predicted molar refractivity (Wildman–Crippen MR) is 246 cm³/mol. The lowest BCUT2D eigenvalue weighted by Gasteiger charge is -2.14. The quantitative estimate of drug-likeness (QED) is 0.156. The highest BCUT2D eigenvalue weighted by Gasteiger charge is 2.18. The first-order valence-corrected chi connectivity index (χ1v) is 20.0. The third kappa shape index (κ3) is 5.05. The summed E-state index contributed by atoms with van der Waals surface area (Å²) in [5.41, 5.74) is 14.5. The molecule has 0 aliphatic carbocycles. The summed E-state index contributed by atoms with van der Waals surface area (Å²) in [6.07, 6.45) is 0. The lowest BCUT2D eigenvalue weighted by Crippen LogP contribution is -1.96. The topological polar surface area (TPSA) is 9.86 Å². The molecule has 0 spiro atoms. The molecule has 0 unspecified atom stereocenters. The van der Waals surface area contributed by atoms with Crippen LogP contribution >= 0.6 is 0 Å². The molecule has 2 nitrogen and oxygen atoms in total. The predicted octanol–water partition coefficient (Wildman–Crippen LogP) is 15.2. The molecule has 58 heavy (non-hydrogen) atoms. The number of hydrogen-bond acceptors (Lipinski definition) is 0. The second kappa shape index (κ2) is 12.9. The Hall–Kier alpha value is -7.68. The zero-order valence-corrected chi connectivity index (χ0v) is 31.7. The van der Waals surface area contributed by atoms with E-state index in [4.69, 9.17) is 0 Å². The van der Waals surface area contributed by atoms with E-state index in [1.54, 1.807) is 0 Å². The van der Waals surface area contributed by atoms with Crippen LogP contribution in [-0.4, -0.2) is 9.13 Å². The Balaban J connectivity index is 0.974. The lowest BCUT2D eigenvalue weighted by atomic mass is 9.99. The maximum Gasteiger partial charge on any atom is 0.0546 e. The van der Waals surface area contributed by atoms with E-state index in [9.17, 15) is 0 Å². The molecule has 270 valence electrons. The Bertz CT molecular complexity index is 3550. The van der Waals surface area contributed by atoms with Crippen molar-refractivity contribution >= 4 is 65.2 Å². The fourth-order valence-electron chi connectivity index (χ4n) is 9.37. The molecule has 2 heterocycles. The van der Waals surface area contributed by atoms with Crippen LogP contribution in [0.4, 0.5) is 0 Å². The van der Waals surface area contributed by atoms with Gasteiger partial charge in [0, 0.05) is 32.6 Å². The van der Waals surface area contributed by atoms with E-state index in [-0.39, 0.29) is 0 Å². The Morgan fingerprint density at radius 1 is 0.224 bits per heavy atom. The van der Waals surface area contributed by atoms with Gasteiger partial charge >= 0.3 is 0 Å². The minimum atomic E-state index is 1.15. The minimum absolute atomic E-state index is 1.15. The van der Waals surface area contributed by atoms with E-state index >= 15 is 0 Å². The fraction of sp³-hybridized carbons (Fsp3) is 0. The molecule has 12 aromatic rings. The van der Waals surface area contributed by atoms with Gasteiger partial charge in [-0.25, -0.2) is 0 Å². The van der Waals surface area contributed by atoms with Gasteiger partial charge in [0.15, 0.2) is 0 Å². The number of benzene rings is 10. The molecule has 12 rings (SSSR count). The van der Waals surface area contributed by atoms with E-state index in [1.165, 1.54) is 104 Å². The molecule has 0 aliphatic rings. The van der Waals surface area contributed by atoms with Gasteiger partial charge < -0.3 is 9.13 Å². The molecule has 0 aliphatic heterocycles. The molecule has 2 heteroatoms. The van der Waals surface area contributed by atoms with Crippen LogP contribution in [0.1, 0.15) is 0 Å². The maximum absolute atomic E-state index is 2.46. The molecular weight excluding hydrogens is 701 g/mol. The third-order valence-corrected chi connectivity index (χ3v) is 12.1. The van der Waals surface area contributed by atoms with Crippen LogP contribution in [0.3, 0.4) is 0 Å². The first-order valence-electron chi connectivity index (χ1n) is 20.0. The second-order valence-corrected chi connectivity index (χ2v) is 15.3. The number of nitrogens with zero attached hydrogens (tertiary/aromatic N) is 2. The summed E-state index contributed by atoms with van der Waals surface area (Å²) in [5, 5.41) is 10.1. The van der Waals surface area contributed by atoms with Gasteiger partial charge in [-0.1, -0.05) is 158 Å². The van der Waals surface area contributed by atoms with Crippen molar-refractivity contribution < 1.29 is 0 Å². The molecular formula is C56H36N2. The third-order valence-electron chi connectivity index (χ3n) is 12.1. The van der Waals surface area contributed by atoms with Crippen molar-refractivity contribution in [2.45, 2.75) is 0 Å². The standard InChI is InChI=1S/C56H36N2/c1-2-13-37(14-3-1)39-16-12-17-40(33-39)38-25-29-44(30-26-38)57-52-23-10-8-21-48(52)50-34-41(27-31-54(50)57)42-28-32-55-51(35-42)49-22-9-11-24-53(49)58(55)56-36-43-15-4-5-18-45(43)46-19-6-7-20-47(46)56/h1-36H. The molecule has 0 radical (unpaired) electrons. The van der Waals surface area contributed by atoms with Gasteiger partial charge in [-0.15, -0.1) is 0 Å². The van der Waals surface area contributed by atoms with Gasteiger partial charge in [0.05, 0.1) is 27.8 Å². The Morgan fingerprint density at radius 3 is 1.34 bits per heavy atom. The van der Waals surface area contributed by atoms with E-state index in [0.29, 0.717) is 0 Å². The van der Waals surface area contributed by atoms with E-state index in [0.717, 1.165) is 5.69 Å². The van der Waals surface area contributed by atoms with Crippen molar-refractivity contribution in [2.24, 2.45) is 0 Å². The van der Waals surface area contributed by atoms with Gasteiger partial charge in [-0.2, -0.15) is 0 Å². The van der Waals surface area contributed by atoms with Crippen molar-refractivity contribution in [1.29, 1.82) is 0 Å². The molecule has 0 saturated heterocycles. The van der Waals surface area contributed by atoms with Crippen LogP contribution in [0.15, 0.2) is 218 Å². The smallest absolute Gasteiger partial charge is 0.0546 e. The van der Waals surface area contributed by atoms with Crippen LogP contribution < -0.4 is 0 Å². The average molecular weight is 737 g/mol. The SMILES string of the molecule is c1ccc(-c2cccc(-c3ccc(-n4c5ccccc5c5cc(-c6ccc7c(c6)c6ccccc6n7-c6cc7ccccc7c7ccccc67)ccc54)cc3)c2)cc1. The molecule has 0 bridgehead atoms. The van der Waals surface area contributed by atoms with Gasteiger partial charge in [0.25, 0.3) is 0 Å². The van der Waals surface area contributed by atoms with Crippen LogP contribution in [0.2, 0.25) is 0 Å². The lowest BCUT2D eigenvalue weighted by molar-refractivity contribution is 1.18. The Labute approximate surface area is 336 Å². The number of rotatable bonds is 5. The summed E-state index contributed by atoms with van der Waals surface area (Å²) < 4.78 is 4.87. The van der Waals surface area contributed by atoms with Gasteiger partial charge in [0.1, 0.15) is 0 Å².